The molecule has 1 aromatic rings. The standard InChI is InChI=1S/C20H24O4/c1-22-19(21)18-14-7-8-16(20-23-9-10-24-20)17(18)12-15(11-14)13-5-3-2-4-6-13/h2-6,11,14,16-18,20H,7-10,12H2,1H3. The van der Waals surface area contributed by atoms with Gasteiger partial charge in [-0.05, 0) is 42.2 Å². The van der Waals surface area contributed by atoms with Gasteiger partial charge < -0.3 is 14.2 Å². The second-order valence-corrected chi connectivity index (χ2v) is 6.99. The summed E-state index contributed by atoms with van der Waals surface area (Å²) >= 11 is 0. The van der Waals surface area contributed by atoms with Crippen molar-refractivity contribution in [2.75, 3.05) is 20.3 Å². The Morgan fingerprint density at radius 3 is 2.54 bits per heavy atom. The van der Waals surface area contributed by atoms with Crippen LogP contribution in [0.4, 0.5) is 0 Å². The zero-order chi connectivity index (χ0) is 16.5. The Kier molecular flexibility index (Phi) is 4.42. The minimum Gasteiger partial charge on any atom is -0.469 e. The highest BCUT2D eigenvalue weighted by Crippen LogP contribution is 2.51. The number of fused-ring (bicyclic) bond motifs is 2. The first kappa shape index (κ1) is 15.9. The molecule has 1 aromatic carbocycles. The molecule has 0 N–H and O–H groups in total. The van der Waals surface area contributed by atoms with Crippen molar-refractivity contribution in [3.63, 3.8) is 0 Å². The third-order valence-electron chi connectivity index (χ3n) is 5.79. The smallest absolute Gasteiger partial charge is 0.309 e. The summed E-state index contributed by atoms with van der Waals surface area (Å²) in [6, 6.07) is 10.5. The van der Waals surface area contributed by atoms with Crippen molar-refractivity contribution in [1.29, 1.82) is 0 Å². The minimum atomic E-state index is -0.168. The Balaban J connectivity index is 1.67. The highest BCUT2D eigenvalue weighted by atomic mass is 16.7. The Bertz CT molecular complexity index is 618. The van der Waals surface area contributed by atoms with Crippen LogP contribution in [0.15, 0.2) is 36.4 Å². The van der Waals surface area contributed by atoms with Crippen LogP contribution < -0.4 is 0 Å². The summed E-state index contributed by atoms with van der Waals surface area (Å²) in [5.74, 6) is 0.578. The number of ether oxygens (including phenoxy) is 3. The molecule has 4 rings (SSSR count). The van der Waals surface area contributed by atoms with Crippen LogP contribution in [0, 0.1) is 23.7 Å². The molecule has 4 heteroatoms. The molecule has 0 spiro atoms. The van der Waals surface area contributed by atoms with Gasteiger partial charge >= 0.3 is 5.97 Å². The molecule has 4 atom stereocenters. The molecule has 128 valence electrons. The van der Waals surface area contributed by atoms with Crippen LogP contribution in [-0.4, -0.2) is 32.6 Å². The second-order valence-electron chi connectivity index (χ2n) is 6.99. The second kappa shape index (κ2) is 6.69. The van der Waals surface area contributed by atoms with Crippen molar-refractivity contribution in [3.8, 4) is 0 Å². The van der Waals surface area contributed by atoms with E-state index in [2.05, 4.69) is 30.3 Å². The van der Waals surface area contributed by atoms with Crippen LogP contribution in [0.3, 0.4) is 0 Å². The summed E-state index contributed by atoms with van der Waals surface area (Å²) in [6.45, 7) is 1.31. The fourth-order valence-corrected chi connectivity index (χ4v) is 4.72. The molecule has 0 amide bonds. The van der Waals surface area contributed by atoms with E-state index in [-0.39, 0.29) is 35.9 Å². The van der Waals surface area contributed by atoms with E-state index in [9.17, 15) is 4.79 Å². The van der Waals surface area contributed by atoms with Gasteiger partial charge in [-0.3, -0.25) is 4.79 Å². The van der Waals surface area contributed by atoms with Crippen LogP contribution >= 0.6 is 0 Å². The van der Waals surface area contributed by atoms with E-state index in [0.29, 0.717) is 13.2 Å². The van der Waals surface area contributed by atoms with Gasteiger partial charge in [0.2, 0.25) is 0 Å². The molecule has 2 bridgehead atoms. The number of methoxy groups -OCH3 is 1. The number of hydrogen-bond acceptors (Lipinski definition) is 4. The van der Waals surface area contributed by atoms with Crippen molar-refractivity contribution in [1.82, 2.24) is 0 Å². The molecule has 1 heterocycles. The van der Waals surface area contributed by atoms with Crippen molar-refractivity contribution in [2.24, 2.45) is 23.7 Å². The Labute approximate surface area is 142 Å². The Morgan fingerprint density at radius 2 is 1.83 bits per heavy atom. The molecule has 24 heavy (non-hydrogen) atoms. The maximum Gasteiger partial charge on any atom is 0.309 e. The fraction of sp³-hybridized carbons (Fsp3) is 0.550. The highest BCUT2D eigenvalue weighted by molar-refractivity contribution is 5.77. The number of benzene rings is 1. The van der Waals surface area contributed by atoms with E-state index in [1.165, 1.54) is 18.2 Å². The predicted octanol–water partition coefficient (Wildman–Crippen LogP) is 3.28. The number of carbonyl (C=O) groups is 1. The van der Waals surface area contributed by atoms with Crippen LogP contribution in [-0.2, 0) is 19.0 Å². The van der Waals surface area contributed by atoms with Crippen molar-refractivity contribution >= 4 is 11.5 Å². The van der Waals surface area contributed by atoms with Gasteiger partial charge in [-0.25, -0.2) is 0 Å². The third-order valence-corrected chi connectivity index (χ3v) is 5.79. The normalized spacial score (nSPS) is 33.1. The average molecular weight is 328 g/mol. The van der Waals surface area contributed by atoms with Crippen LogP contribution in [0.25, 0.3) is 5.57 Å². The van der Waals surface area contributed by atoms with Crippen molar-refractivity contribution in [3.05, 3.63) is 42.0 Å². The lowest BCUT2D eigenvalue weighted by Crippen LogP contribution is -2.45. The Morgan fingerprint density at radius 1 is 1.08 bits per heavy atom. The Hall–Kier alpha value is -1.65. The van der Waals surface area contributed by atoms with Gasteiger partial charge in [0, 0.05) is 5.92 Å². The van der Waals surface area contributed by atoms with Gasteiger partial charge in [0.1, 0.15) is 0 Å². The molecule has 0 radical (unpaired) electrons. The molecule has 1 saturated carbocycles. The molecular formula is C20H24O4. The fourth-order valence-electron chi connectivity index (χ4n) is 4.72. The highest BCUT2D eigenvalue weighted by Gasteiger charge is 2.49. The number of esters is 1. The van der Waals surface area contributed by atoms with Crippen LogP contribution in [0.5, 0.6) is 0 Å². The monoisotopic (exact) mass is 328 g/mol. The van der Waals surface area contributed by atoms with Gasteiger partial charge in [0.05, 0.1) is 26.2 Å². The summed E-state index contributed by atoms with van der Waals surface area (Å²) in [5, 5.41) is 0. The lowest BCUT2D eigenvalue weighted by Gasteiger charge is -2.45. The summed E-state index contributed by atoms with van der Waals surface area (Å²) in [6.07, 6.45) is 5.05. The van der Waals surface area contributed by atoms with Gasteiger partial charge in [-0.1, -0.05) is 36.4 Å². The number of hydrogen-bond donors (Lipinski definition) is 0. The number of allylic oxidation sites excluding steroid dienone is 2. The number of rotatable bonds is 3. The van der Waals surface area contributed by atoms with E-state index < -0.39 is 0 Å². The maximum atomic E-state index is 12.5. The molecule has 1 saturated heterocycles. The lowest BCUT2D eigenvalue weighted by atomic mass is 9.60. The largest absolute Gasteiger partial charge is 0.469 e. The van der Waals surface area contributed by atoms with Crippen molar-refractivity contribution < 1.29 is 19.0 Å². The topological polar surface area (TPSA) is 44.8 Å². The first-order valence-corrected chi connectivity index (χ1v) is 8.85. The van der Waals surface area contributed by atoms with E-state index in [4.69, 9.17) is 14.2 Å². The van der Waals surface area contributed by atoms with Gasteiger partial charge in [-0.15, -0.1) is 0 Å². The van der Waals surface area contributed by atoms with Crippen LogP contribution in [0.1, 0.15) is 24.8 Å². The van der Waals surface area contributed by atoms with E-state index in [1.54, 1.807) is 0 Å². The zero-order valence-electron chi connectivity index (χ0n) is 14.0. The first-order valence-electron chi connectivity index (χ1n) is 8.85. The zero-order valence-corrected chi connectivity index (χ0v) is 14.0. The van der Waals surface area contributed by atoms with E-state index in [1.807, 2.05) is 6.07 Å². The van der Waals surface area contributed by atoms with E-state index in [0.717, 1.165) is 19.3 Å². The quantitative estimate of drug-likeness (QED) is 0.799. The summed E-state index contributed by atoms with van der Waals surface area (Å²) < 4.78 is 16.7. The molecule has 4 unspecified atom stereocenters. The molecule has 4 nitrogen and oxygen atoms in total. The predicted molar refractivity (Wildman–Crippen MR) is 89.9 cm³/mol. The molecule has 1 aliphatic heterocycles. The molecular weight excluding hydrogens is 304 g/mol. The molecule has 0 aromatic heterocycles. The molecule has 3 aliphatic rings. The average Bonchev–Trinajstić information content (AvgIpc) is 3.15. The maximum absolute atomic E-state index is 12.5. The van der Waals surface area contributed by atoms with Crippen LogP contribution in [0.2, 0.25) is 0 Å². The lowest BCUT2D eigenvalue weighted by molar-refractivity contribution is -0.161. The molecule has 2 fully saturated rings. The van der Waals surface area contributed by atoms with E-state index >= 15 is 0 Å². The SMILES string of the molecule is COC(=O)C1C2C=C(c3ccccc3)CC1C(C1OCCO1)CC2. The van der Waals surface area contributed by atoms with Crippen molar-refractivity contribution in [2.45, 2.75) is 25.6 Å². The van der Waals surface area contributed by atoms with Gasteiger partial charge in [-0.2, -0.15) is 0 Å². The molecule has 2 aliphatic carbocycles. The first-order chi connectivity index (χ1) is 11.8. The van der Waals surface area contributed by atoms with Gasteiger partial charge in [0.15, 0.2) is 6.29 Å². The summed E-state index contributed by atoms with van der Waals surface area (Å²) in [5.41, 5.74) is 2.60. The third kappa shape index (κ3) is 2.78. The minimum absolute atomic E-state index is 0.0750. The summed E-state index contributed by atoms with van der Waals surface area (Å²) in [4.78, 5) is 12.5. The van der Waals surface area contributed by atoms with Gasteiger partial charge in [0.25, 0.3) is 0 Å². The summed E-state index contributed by atoms with van der Waals surface area (Å²) in [7, 11) is 1.49. The number of carbonyl (C=O) groups excluding carboxylic acids is 1.